The first kappa shape index (κ1) is 22.0. The molecule has 4 rings (SSSR count). The Hall–Kier alpha value is -3.23. The number of aryl methyl sites for hydroxylation is 1. The third-order valence-electron chi connectivity index (χ3n) is 5.35. The topological polar surface area (TPSA) is 95.2 Å². The summed E-state index contributed by atoms with van der Waals surface area (Å²) in [6.45, 7) is 2.76. The Morgan fingerprint density at radius 3 is 2.62 bits per heavy atom. The smallest absolute Gasteiger partial charge is 0.352 e. The Morgan fingerprint density at radius 2 is 1.94 bits per heavy atom. The summed E-state index contributed by atoms with van der Waals surface area (Å²) in [6, 6.07) is 14.0. The molecule has 8 nitrogen and oxygen atoms in total. The third kappa shape index (κ3) is 4.66. The summed E-state index contributed by atoms with van der Waals surface area (Å²) in [5.74, 6) is -0.653. The lowest BCUT2D eigenvalue weighted by Crippen LogP contribution is -2.46. The van der Waals surface area contributed by atoms with Gasteiger partial charge in [0, 0.05) is 18.2 Å². The monoisotopic (exact) mass is 454 g/mol. The molecule has 32 heavy (non-hydrogen) atoms. The predicted molar refractivity (Wildman–Crippen MR) is 121 cm³/mol. The Bertz CT molecular complexity index is 1240. The van der Waals surface area contributed by atoms with Gasteiger partial charge in [0.2, 0.25) is 5.69 Å². The maximum atomic E-state index is 13.2. The molecular formula is C23H23ClN4O4. The van der Waals surface area contributed by atoms with Gasteiger partial charge in [0.1, 0.15) is 0 Å². The molecule has 1 aliphatic rings. The molecule has 0 bridgehead atoms. The standard InChI is InChI=1S/C23H23ClN4O4/c1-15-8-10-17(11-9-15)28-23(31)27(14-16-5-2-3-7-19(16)24)22(30)20(26-28)21(29)25-13-18-6-4-12-32-18/h2-3,5,7-11,18H,4,6,12-14H2,1H3,(H,25,29)/t18-/m0/s1. The van der Waals surface area contributed by atoms with Crippen molar-refractivity contribution in [2.45, 2.75) is 32.4 Å². The molecule has 1 atom stereocenters. The molecular weight excluding hydrogens is 432 g/mol. The number of aromatic nitrogens is 3. The van der Waals surface area contributed by atoms with E-state index in [1.54, 1.807) is 36.4 Å². The van der Waals surface area contributed by atoms with Gasteiger partial charge in [0.05, 0.1) is 18.3 Å². The SMILES string of the molecule is Cc1ccc(-n2nc(C(=O)NC[C@@H]3CCCO3)c(=O)n(Cc3ccccc3Cl)c2=O)cc1. The molecule has 1 N–H and O–H groups in total. The van der Waals surface area contributed by atoms with Crippen LogP contribution in [0.3, 0.4) is 0 Å². The summed E-state index contributed by atoms with van der Waals surface area (Å²) in [5, 5.41) is 7.26. The minimum atomic E-state index is -0.775. The van der Waals surface area contributed by atoms with E-state index < -0.39 is 17.2 Å². The molecule has 3 aromatic rings. The van der Waals surface area contributed by atoms with Crippen LogP contribution in [0.5, 0.6) is 0 Å². The summed E-state index contributed by atoms with van der Waals surface area (Å²) in [6.07, 6.45) is 1.68. The van der Waals surface area contributed by atoms with Gasteiger partial charge in [0.15, 0.2) is 0 Å². The summed E-state index contributed by atoms with van der Waals surface area (Å²) in [7, 11) is 0. The van der Waals surface area contributed by atoms with Crippen molar-refractivity contribution in [1.29, 1.82) is 0 Å². The number of hydrogen-bond donors (Lipinski definition) is 1. The van der Waals surface area contributed by atoms with Crippen molar-refractivity contribution in [2.24, 2.45) is 0 Å². The number of ether oxygens (including phenoxy) is 1. The molecule has 0 radical (unpaired) electrons. The summed E-state index contributed by atoms with van der Waals surface area (Å²) in [5.41, 5.74) is 0.232. The van der Waals surface area contributed by atoms with Gasteiger partial charge in [-0.2, -0.15) is 9.78 Å². The number of benzene rings is 2. The van der Waals surface area contributed by atoms with E-state index in [9.17, 15) is 14.4 Å². The van der Waals surface area contributed by atoms with Crippen LogP contribution in [0.25, 0.3) is 5.69 Å². The highest BCUT2D eigenvalue weighted by atomic mass is 35.5. The summed E-state index contributed by atoms with van der Waals surface area (Å²) < 4.78 is 7.57. The molecule has 0 unspecified atom stereocenters. The van der Waals surface area contributed by atoms with E-state index in [4.69, 9.17) is 16.3 Å². The van der Waals surface area contributed by atoms with Crippen LogP contribution >= 0.6 is 11.6 Å². The van der Waals surface area contributed by atoms with Gasteiger partial charge in [-0.1, -0.05) is 47.5 Å². The van der Waals surface area contributed by atoms with Crippen LogP contribution in [0.4, 0.5) is 0 Å². The van der Waals surface area contributed by atoms with Crippen LogP contribution in [0.2, 0.25) is 5.02 Å². The molecule has 166 valence electrons. The molecule has 1 aliphatic heterocycles. The molecule has 0 spiro atoms. The van der Waals surface area contributed by atoms with Gasteiger partial charge >= 0.3 is 5.69 Å². The van der Waals surface area contributed by atoms with Crippen molar-refractivity contribution < 1.29 is 9.53 Å². The van der Waals surface area contributed by atoms with E-state index >= 15 is 0 Å². The predicted octanol–water partition coefficient (Wildman–Crippen LogP) is 2.31. The van der Waals surface area contributed by atoms with E-state index in [1.165, 1.54) is 0 Å². The Morgan fingerprint density at radius 1 is 1.19 bits per heavy atom. The zero-order chi connectivity index (χ0) is 22.7. The van der Waals surface area contributed by atoms with Crippen LogP contribution in [-0.4, -0.2) is 39.5 Å². The second-order valence-corrected chi connectivity index (χ2v) is 8.11. The highest BCUT2D eigenvalue weighted by Gasteiger charge is 2.23. The summed E-state index contributed by atoms with van der Waals surface area (Å²) >= 11 is 6.24. The van der Waals surface area contributed by atoms with Gasteiger partial charge < -0.3 is 10.1 Å². The van der Waals surface area contributed by atoms with Crippen molar-refractivity contribution in [1.82, 2.24) is 19.7 Å². The van der Waals surface area contributed by atoms with E-state index in [1.807, 2.05) is 19.1 Å². The molecule has 9 heteroatoms. The Labute approximate surface area is 189 Å². The van der Waals surface area contributed by atoms with Crippen molar-refractivity contribution in [3.8, 4) is 5.69 Å². The fourth-order valence-corrected chi connectivity index (χ4v) is 3.74. The highest BCUT2D eigenvalue weighted by Crippen LogP contribution is 2.15. The van der Waals surface area contributed by atoms with Crippen LogP contribution in [0, 0.1) is 6.92 Å². The number of hydrogen-bond acceptors (Lipinski definition) is 5. The third-order valence-corrected chi connectivity index (χ3v) is 5.72. The largest absolute Gasteiger partial charge is 0.376 e. The lowest BCUT2D eigenvalue weighted by molar-refractivity contribution is 0.0849. The molecule has 1 saturated heterocycles. The van der Waals surface area contributed by atoms with Crippen molar-refractivity contribution in [3.05, 3.63) is 91.2 Å². The first-order valence-corrected chi connectivity index (χ1v) is 10.8. The zero-order valence-corrected chi connectivity index (χ0v) is 18.3. The highest BCUT2D eigenvalue weighted by molar-refractivity contribution is 6.31. The average Bonchev–Trinajstić information content (AvgIpc) is 3.31. The van der Waals surface area contributed by atoms with E-state index in [0.29, 0.717) is 22.9 Å². The number of carbonyl (C=O) groups excluding carboxylic acids is 1. The lowest BCUT2D eigenvalue weighted by Gasteiger charge is -2.14. The van der Waals surface area contributed by atoms with E-state index in [0.717, 1.165) is 27.7 Å². The van der Waals surface area contributed by atoms with Crippen LogP contribution < -0.4 is 16.6 Å². The summed E-state index contributed by atoms with van der Waals surface area (Å²) in [4.78, 5) is 39.2. The molecule has 0 aliphatic carbocycles. The number of nitrogens with zero attached hydrogens (tertiary/aromatic N) is 3. The molecule has 0 saturated carbocycles. The lowest BCUT2D eigenvalue weighted by atomic mass is 10.2. The Kier molecular flexibility index (Phi) is 6.53. The number of carbonyl (C=O) groups is 1. The first-order chi connectivity index (χ1) is 15.4. The molecule has 2 heterocycles. The second-order valence-electron chi connectivity index (χ2n) is 7.71. The fraction of sp³-hybridized carbons (Fsp3) is 0.304. The molecule has 1 aromatic heterocycles. The quantitative estimate of drug-likeness (QED) is 0.616. The van der Waals surface area contributed by atoms with Gasteiger partial charge in [0.25, 0.3) is 11.5 Å². The zero-order valence-electron chi connectivity index (χ0n) is 17.6. The van der Waals surface area contributed by atoms with Gasteiger partial charge in [-0.15, -0.1) is 0 Å². The second kappa shape index (κ2) is 9.50. The van der Waals surface area contributed by atoms with Crippen molar-refractivity contribution in [3.63, 3.8) is 0 Å². The van der Waals surface area contributed by atoms with Crippen LogP contribution in [-0.2, 0) is 11.3 Å². The van der Waals surface area contributed by atoms with E-state index in [-0.39, 0.29) is 24.9 Å². The normalized spacial score (nSPS) is 15.6. The first-order valence-electron chi connectivity index (χ1n) is 10.4. The molecule has 2 aromatic carbocycles. The van der Waals surface area contributed by atoms with Crippen LogP contribution in [0.15, 0.2) is 58.1 Å². The molecule has 1 amide bonds. The van der Waals surface area contributed by atoms with Gasteiger partial charge in [-0.3, -0.25) is 14.2 Å². The Balaban J connectivity index is 1.77. The minimum absolute atomic E-state index is 0.0856. The van der Waals surface area contributed by atoms with Crippen LogP contribution in [0.1, 0.15) is 34.5 Å². The minimum Gasteiger partial charge on any atom is -0.376 e. The molecule has 1 fully saturated rings. The van der Waals surface area contributed by atoms with E-state index in [2.05, 4.69) is 10.4 Å². The maximum absolute atomic E-state index is 13.2. The van der Waals surface area contributed by atoms with Crippen molar-refractivity contribution in [2.75, 3.05) is 13.2 Å². The number of rotatable bonds is 6. The van der Waals surface area contributed by atoms with Gasteiger partial charge in [-0.25, -0.2) is 4.79 Å². The number of nitrogens with one attached hydrogen (secondary N) is 1. The number of amides is 1. The maximum Gasteiger partial charge on any atom is 0.352 e. The average molecular weight is 455 g/mol. The number of halogens is 1. The fourth-order valence-electron chi connectivity index (χ4n) is 3.54. The van der Waals surface area contributed by atoms with Crippen molar-refractivity contribution >= 4 is 17.5 Å². The van der Waals surface area contributed by atoms with Gasteiger partial charge in [-0.05, 0) is 43.5 Å².